The molecule has 0 aliphatic carbocycles. The second-order valence-electron chi connectivity index (χ2n) is 0. The molecule has 0 saturated carbocycles. The predicted molar refractivity (Wildman–Crippen MR) is 9.23 cm³/mol. The first-order valence-electron chi connectivity index (χ1n) is 0.144. The summed E-state index contributed by atoms with van der Waals surface area (Å²) in [4.78, 5) is 0. The van der Waals surface area contributed by atoms with Crippen molar-refractivity contribution < 1.29 is 36.8 Å². The van der Waals surface area contributed by atoms with Crippen LogP contribution in [0.15, 0.2) is 0 Å². The van der Waals surface area contributed by atoms with E-state index in [4.69, 9.17) is 3.83 Å². The molecule has 4 heteroatoms. The third kappa shape index (κ3) is 8.85. The summed E-state index contributed by atoms with van der Waals surface area (Å²) < 4.78 is 8.00. The van der Waals surface area contributed by atoms with Crippen molar-refractivity contribution in [2.75, 3.05) is 0 Å². The number of hydrogen-bond acceptors (Lipinski definition) is 1. The molecule has 0 aliphatic rings. The third-order valence-electron chi connectivity index (χ3n) is 0. The monoisotopic (exact) mass is 225 g/mol. The molecule has 4 heavy (non-hydrogen) atoms. The molecule has 0 heterocycles. The Morgan fingerprint density at radius 2 is 1.25 bits per heavy atom. The average molecular weight is 225 g/mol. The van der Waals surface area contributed by atoms with E-state index >= 15 is 0 Å². The van der Waals surface area contributed by atoms with Gasteiger partial charge < -0.3 is 0 Å². The summed E-state index contributed by atoms with van der Waals surface area (Å²) in [5.41, 5.74) is 0. The van der Waals surface area contributed by atoms with Crippen LogP contribution in [0.1, 0.15) is 0 Å². The topological polar surface area (TPSA) is 17.1 Å². The van der Waals surface area contributed by atoms with Crippen LogP contribution < -0.4 is 0 Å². The van der Waals surface area contributed by atoms with Gasteiger partial charge >= 0.3 is 65.3 Å². The quantitative estimate of drug-likeness (QED) is 0.481. The van der Waals surface area contributed by atoms with E-state index in [1.165, 1.54) is 0 Å². The minimum atomic E-state index is 0. The van der Waals surface area contributed by atoms with Gasteiger partial charge in [-0.1, -0.05) is 0 Å². The van der Waals surface area contributed by atoms with Crippen molar-refractivity contribution in [2.24, 2.45) is 0 Å². The first kappa shape index (κ1) is 16.2. The molecular formula is H2CuFeOSr. The van der Waals surface area contributed by atoms with E-state index in [2.05, 4.69) is 0 Å². The standard InChI is InChI=1S/Cu.Fe.O.Sr.2H. The molecule has 1 radical (unpaired) electrons. The summed E-state index contributed by atoms with van der Waals surface area (Å²) in [7, 11) is 0. The van der Waals surface area contributed by atoms with Crippen molar-refractivity contribution in [3.05, 3.63) is 0 Å². The van der Waals surface area contributed by atoms with Crippen LogP contribution in [0.3, 0.4) is 0 Å². The Labute approximate surface area is 80.7 Å². The normalized spacial score (nSPS) is 1.25. The molecule has 0 unspecified atom stereocenters. The van der Waals surface area contributed by atoms with Crippen LogP contribution in [0, 0.1) is 0 Å². The first-order valence-corrected chi connectivity index (χ1v) is 0.595. The fourth-order valence-electron chi connectivity index (χ4n) is 0. The van der Waals surface area contributed by atoms with Crippen molar-refractivity contribution in [2.45, 2.75) is 0 Å². The van der Waals surface area contributed by atoms with Gasteiger partial charge in [-0.3, -0.25) is 0 Å². The van der Waals surface area contributed by atoms with Crippen LogP contribution in [0.2, 0.25) is 0 Å². The zero-order valence-corrected chi connectivity index (χ0v) is 3.11. The van der Waals surface area contributed by atoms with Crippen molar-refractivity contribution in [1.29, 1.82) is 0 Å². The van der Waals surface area contributed by atoms with Gasteiger partial charge in [0.1, 0.15) is 0 Å². The van der Waals surface area contributed by atoms with Crippen molar-refractivity contribution in [3.63, 3.8) is 0 Å². The van der Waals surface area contributed by atoms with Gasteiger partial charge in [-0.15, -0.1) is 0 Å². The fraction of sp³-hybridized carbons (Fsp3) is 0. The molecule has 0 rings (SSSR count). The number of hydrogen-bond donors (Lipinski definition) is 0. The van der Waals surface area contributed by atoms with Gasteiger partial charge in [0.2, 0.25) is 0 Å². The van der Waals surface area contributed by atoms with Crippen LogP contribution in [-0.2, 0) is 36.8 Å². The van der Waals surface area contributed by atoms with Crippen LogP contribution in [0.5, 0.6) is 0 Å². The summed E-state index contributed by atoms with van der Waals surface area (Å²) in [6, 6.07) is 0. The maximum absolute atomic E-state index is 8.00. The SMILES string of the molecule is [Cu].[O]=[Fe].[SrH2]. The molecule has 0 N–H and O–H groups in total. The molecule has 29 valence electrons. The first-order chi connectivity index (χ1) is 1.00. The zero-order valence-electron chi connectivity index (χ0n) is 1.06. The average Bonchev–Trinajstić information content (AvgIpc) is 1.00. The molecule has 0 fully saturated rings. The van der Waals surface area contributed by atoms with Gasteiger partial charge in [0.05, 0.1) is 0 Å². The van der Waals surface area contributed by atoms with Crippen LogP contribution >= 0.6 is 0 Å². The second-order valence-corrected chi connectivity index (χ2v) is 0. The van der Waals surface area contributed by atoms with Gasteiger partial charge in [0, 0.05) is 17.1 Å². The van der Waals surface area contributed by atoms with E-state index in [1.807, 2.05) is 15.9 Å². The third-order valence-corrected chi connectivity index (χ3v) is 0. The van der Waals surface area contributed by atoms with Gasteiger partial charge in [-0.2, -0.15) is 0 Å². The molecule has 0 bridgehead atoms. The van der Waals surface area contributed by atoms with E-state index < -0.39 is 0 Å². The van der Waals surface area contributed by atoms with E-state index in [-0.39, 0.29) is 62.6 Å². The Morgan fingerprint density at radius 1 is 1.25 bits per heavy atom. The summed E-state index contributed by atoms with van der Waals surface area (Å²) >= 11 is 2.00. The molecule has 0 aromatic carbocycles. The number of rotatable bonds is 0. The van der Waals surface area contributed by atoms with Crippen molar-refractivity contribution in [3.8, 4) is 0 Å². The summed E-state index contributed by atoms with van der Waals surface area (Å²) in [5.74, 6) is 0. The minimum absolute atomic E-state index is 0. The Bertz CT molecular complexity index is 8.00. The van der Waals surface area contributed by atoms with E-state index in [9.17, 15) is 0 Å². The van der Waals surface area contributed by atoms with Gasteiger partial charge in [0.25, 0.3) is 0 Å². The molecule has 1 nitrogen and oxygen atoms in total. The van der Waals surface area contributed by atoms with E-state index in [0.717, 1.165) is 0 Å². The molecule has 0 aromatic heterocycles. The maximum atomic E-state index is 8.00. The predicted octanol–water partition coefficient (Wildman–Crippen LogP) is -1.04. The molecule has 0 spiro atoms. The van der Waals surface area contributed by atoms with E-state index in [0.29, 0.717) is 0 Å². The summed E-state index contributed by atoms with van der Waals surface area (Å²) in [6.45, 7) is 0. The Morgan fingerprint density at radius 3 is 1.25 bits per heavy atom. The van der Waals surface area contributed by atoms with Gasteiger partial charge in [0.15, 0.2) is 0 Å². The molecule has 0 amide bonds. The Kier molecular flexibility index (Phi) is 74.8. The van der Waals surface area contributed by atoms with Gasteiger partial charge in [-0.25, -0.2) is 0 Å². The molecule has 0 aliphatic heterocycles. The Balaban J connectivity index is -0.00000000500. The molecule has 0 saturated heterocycles. The molecule has 0 aromatic rings. The second kappa shape index (κ2) is 18.4. The Hall–Kier alpha value is 2.32. The molecule has 0 atom stereocenters. The van der Waals surface area contributed by atoms with Crippen molar-refractivity contribution in [1.82, 2.24) is 0 Å². The zero-order chi connectivity index (χ0) is 2.00. The van der Waals surface area contributed by atoms with Crippen molar-refractivity contribution >= 4 is 45.5 Å². The summed E-state index contributed by atoms with van der Waals surface area (Å²) in [6.07, 6.45) is 0. The van der Waals surface area contributed by atoms with Gasteiger partial charge in [-0.05, 0) is 0 Å². The van der Waals surface area contributed by atoms with Crippen LogP contribution in [0.25, 0.3) is 0 Å². The van der Waals surface area contributed by atoms with E-state index in [1.54, 1.807) is 0 Å². The fourth-order valence-corrected chi connectivity index (χ4v) is 0. The van der Waals surface area contributed by atoms with Crippen LogP contribution in [0.4, 0.5) is 0 Å². The molecular weight excluding hydrogens is 223 g/mol. The summed E-state index contributed by atoms with van der Waals surface area (Å²) in [5, 5.41) is 0. The van der Waals surface area contributed by atoms with Crippen LogP contribution in [-0.4, -0.2) is 45.5 Å².